The van der Waals surface area contributed by atoms with Gasteiger partial charge in [-0.25, -0.2) is 9.36 Å². The van der Waals surface area contributed by atoms with Crippen LogP contribution < -0.4 is 0 Å². The summed E-state index contributed by atoms with van der Waals surface area (Å²) in [5, 5.41) is 0. The van der Waals surface area contributed by atoms with Gasteiger partial charge >= 0.3 is 19.0 Å². The zero-order valence-electron chi connectivity index (χ0n) is 12.6. The first-order valence-corrected chi connectivity index (χ1v) is 7.75. The monoisotopic (exact) mass is 324 g/mol. The van der Waals surface area contributed by atoms with Crippen LogP contribution in [0.2, 0.25) is 0 Å². The first kappa shape index (κ1) is 18.0. The van der Waals surface area contributed by atoms with E-state index in [0.29, 0.717) is 5.56 Å². The Labute approximate surface area is 128 Å². The summed E-state index contributed by atoms with van der Waals surface area (Å²) in [6.07, 6.45) is 0. The van der Waals surface area contributed by atoms with Crippen molar-refractivity contribution in [2.45, 2.75) is 5.92 Å². The van der Waals surface area contributed by atoms with Crippen LogP contribution in [0, 0.1) is 0 Å². The molecule has 0 unspecified atom stereocenters. The molecule has 1 aromatic rings. The lowest BCUT2D eigenvalue weighted by molar-refractivity contribution is -0.136. The van der Waals surface area contributed by atoms with Gasteiger partial charge in [0, 0.05) is 19.8 Å². The van der Waals surface area contributed by atoms with E-state index in [2.05, 4.69) is 16.1 Å². The first-order valence-electron chi connectivity index (χ1n) is 6.21. The quantitative estimate of drug-likeness (QED) is 0.192. The fourth-order valence-electron chi connectivity index (χ4n) is 1.93. The van der Waals surface area contributed by atoms with Crippen LogP contribution in [-0.4, -0.2) is 37.5 Å². The fourth-order valence-corrected chi connectivity index (χ4v) is 3.19. The number of rotatable bonds is 7. The molecule has 8 heteroatoms. The van der Waals surface area contributed by atoms with Gasteiger partial charge in [0.15, 0.2) is 0 Å². The standard InChI is InChI=1S/C14H17N2O5P/c1-10(14(17)19-2)12(11-8-6-5-7-9-11)13(16-15)22(18,20-3)21-4/h5-9,12H,1H2,2-4H3/t12-/m0/s1. The minimum absolute atomic E-state index is 0.0594. The molecule has 7 nitrogen and oxygen atoms in total. The molecule has 0 N–H and O–H groups in total. The summed E-state index contributed by atoms with van der Waals surface area (Å²) in [4.78, 5) is 14.9. The third-order valence-electron chi connectivity index (χ3n) is 3.05. The van der Waals surface area contributed by atoms with E-state index in [1.807, 2.05) is 0 Å². The average molecular weight is 324 g/mol. The van der Waals surface area contributed by atoms with Gasteiger partial charge in [0.05, 0.1) is 7.11 Å². The highest BCUT2D eigenvalue weighted by Gasteiger charge is 2.47. The predicted octanol–water partition coefficient (Wildman–Crippen LogP) is 2.61. The van der Waals surface area contributed by atoms with Crippen molar-refractivity contribution in [3.05, 3.63) is 53.6 Å². The number of benzene rings is 1. The van der Waals surface area contributed by atoms with Crippen LogP contribution in [0.1, 0.15) is 11.5 Å². The largest absolute Gasteiger partial charge is 0.466 e. The molecule has 0 saturated carbocycles. The minimum atomic E-state index is -3.89. The summed E-state index contributed by atoms with van der Waals surface area (Å²) in [6.45, 7) is 3.65. The van der Waals surface area contributed by atoms with E-state index >= 15 is 0 Å². The normalized spacial score (nSPS) is 12.1. The lowest BCUT2D eigenvalue weighted by atomic mass is 9.93. The SMILES string of the molecule is C=C(C(=O)OC)[C@H](C(=[N+]=[N-])P(=O)(OC)OC)c1ccccc1. The van der Waals surface area contributed by atoms with Gasteiger partial charge in [-0.3, -0.25) is 0 Å². The van der Waals surface area contributed by atoms with E-state index in [1.165, 1.54) is 7.11 Å². The molecule has 1 rings (SSSR count). The molecule has 0 saturated heterocycles. The van der Waals surface area contributed by atoms with Crippen molar-refractivity contribution in [2.75, 3.05) is 21.3 Å². The Morgan fingerprint density at radius 3 is 2.18 bits per heavy atom. The summed E-state index contributed by atoms with van der Waals surface area (Å²) in [5.41, 5.74) is 9.44. The number of methoxy groups -OCH3 is 1. The molecule has 0 aromatic heterocycles. The van der Waals surface area contributed by atoms with Crippen molar-refractivity contribution in [2.24, 2.45) is 0 Å². The zero-order chi connectivity index (χ0) is 16.8. The van der Waals surface area contributed by atoms with Crippen LogP contribution in [0.3, 0.4) is 0 Å². The van der Waals surface area contributed by atoms with Gasteiger partial charge in [-0.15, -0.1) is 0 Å². The third kappa shape index (κ3) is 3.59. The van der Waals surface area contributed by atoms with Gasteiger partial charge in [0.2, 0.25) is 0 Å². The van der Waals surface area contributed by atoms with E-state index in [0.717, 1.165) is 14.2 Å². The summed E-state index contributed by atoms with van der Waals surface area (Å²) >= 11 is 0. The fraction of sp³-hybridized carbons (Fsp3) is 0.286. The van der Waals surface area contributed by atoms with Crippen LogP contribution in [0.15, 0.2) is 42.5 Å². The number of carbonyl (C=O) groups is 1. The first-order chi connectivity index (χ1) is 10.4. The predicted molar refractivity (Wildman–Crippen MR) is 80.6 cm³/mol. The van der Waals surface area contributed by atoms with E-state index in [4.69, 9.17) is 9.05 Å². The van der Waals surface area contributed by atoms with Crippen LogP contribution in [-0.2, 0) is 23.1 Å². The van der Waals surface area contributed by atoms with Gasteiger partial charge in [-0.2, -0.15) is 4.79 Å². The second-order valence-corrected chi connectivity index (χ2v) is 6.36. The third-order valence-corrected chi connectivity index (χ3v) is 4.92. The Balaban J connectivity index is 3.51. The Bertz CT molecular complexity index is 644. The molecule has 0 fully saturated rings. The molecule has 0 aliphatic carbocycles. The Morgan fingerprint density at radius 2 is 1.77 bits per heavy atom. The van der Waals surface area contributed by atoms with Crippen molar-refractivity contribution in [1.82, 2.24) is 0 Å². The molecule has 1 aromatic carbocycles. The van der Waals surface area contributed by atoms with Gasteiger partial charge < -0.3 is 19.3 Å². The molecule has 0 amide bonds. The maximum Gasteiger partial charge on any atom is 0.438 e. The van der Waals surface area contributed by atoms with Gasteiger partial charge in [0.25, 0.3) is 0 Å². The summed E-state index contributed by atoms with van der Waals surface area (Å²) in [5.74, 6) is -1.74. The molecule has 0 aliphatic heterocycles. The highest BCUT2D eigenvalue weighted by atomic mass is 31.2. The Kier molecular flexibility index (Phi) is 6.40. The maximum absolute atomic E-state index is 12.6. The van der Waals surface area contributed by atoms with Crippen LogP contribution in [0.25, 0.3) is 5.53 Å². The van der Waals surface area contributed by atoms with E-state index in [-0.39, 0.29) is 11.0 Å². The molecule has 1 atom stereocenters. The molecular weight excluding hydrogens is 307 g/mol. The second kappa shape index (κ2) is 7.82. The second-order valence-electron chi connectivity index (χ2n) is 4.18. The summed E-state index contributed by atoms with van der Waals surface area (Å²) < 4.78 is 26.9. The van der Waals surface area contributed by atoms with Crippen LogP contribution in [0.4, 0.5) is 0 Å². The number of hydrogen-bond acceptors (Lipinski definition) is 5. The molecule has 118 valence electrons. The van der Waals surface area contributed by atoms with Crippen LogP contribution >= 0.6 is 7.60 Å². The van der Waals surface area contributed by atoms with Crippen molar-refractivity contribution >= 4 is 19.0 Å². The van der Waals surface area contributed by atoms with E-state index in [1.54, 1.807) is 30.3 Å². The summed E-state index contributed by atoms with van der Waals surface area (Å²) in [7, 11) is -0.391. The maximum atomic E-state index is 12.6. The van der Waals surface area contributed by atoms with Crippen molar-refractivity contribution < 1.29 is 27.9 Å². The van der Waals surface area contributed by atoms with E-state index < -0.39 is 19.5 Å². The van der Waals surface area contributed by atoms with Gasteiger partial charge in [0.1, 0.15) is 5.92 Å². The molecular formula is C14H17N2O5P. The average Bonchev–Trinajstić information content (AvgIpc) is 2.58. The van der Waals surface area contributed by atoms with Gasteiger partial charge in [-0.1, -0.05) is 36.9 Å². The number of ether oxygens (including phenoxy) is 1. The molecule has 22 heavy (non-hydrogen) atoms. The highest BCUT2D eigenvalue weighted by molar-refractivity contribution is 7.72. The lowest BCUT2D eigenvalue weighted by Crippen LogP contribution is -2.22. The number of nitrogens with zero attached hydrogens (tertiary/aromatic N) is 2. The Morgan fingerprint density at radius 1 is 1.23 bits per heavy atom. The minimum Gasteiger partial charge on any atom is -0.466 e. The van der Waals surface area contributed by atoms with Crippen molar-refractivity contribution in [3.8, 4) is 0 Å². The molecule has 0 spiro atoms. The number of hydrogen-bond donors (Lipinski definition) is 0. The van der Waals surface area contributed by atoms with E-state index in [9.17, 15) is 14.9 Å². The molecule has 0 bridgehead atoms. The lowest BCUT2D eigenvalue weighted by Gasteiger charge is -2.18. The van der Waals surface area contributed by atoms with Crippen molar-refractivity contribution in [1.29, 1.82) is 0 Å². The summed E-state index contributed by atoms with van der Waals surface area (Å²) in [6, 6.07) is 8.53. The topological polar surface area (TPSA) is 98.2 Å². The van der Waals surface area contributed by atoms with Gasteiger partial charge in [-0.05, 0) is 5.56 Å². The molecule has 0 heterocycles. The molecule has 0 radical (unpaired) electrons. The number of carbonyl (C=O) groups excluding carboxylic acids is 1. The number of esters is 1. The Hall–Kier alpha value is -2.04. The highest BCUT2D eigenvalue weighted by Crippen LogP contribution is 2.52. The van der Waals surface area contributed by atoms with Crippen LogP contribution in [0.5, 0.6) is 0 Å². The molecule has 0 aliphatic rings. The zero-order valence-corrected chi connectivity index (χ0v) is 13.4. The van der Waals surface area contributed by atoms with Crippen molar-refractivity contribution in [3.63, 3.8) is 0 Å². The smallest absolute Gasteiger partial charge is 0.438 e.